The Morgan fingerprint density at radius 3 is 2.69 bits per heavy atom. The first-order valence-corrected chi connectivity index (χ1v) is 4.38. The fraction of sp³-hybridized carbons (Fsp3) is 0.364. The number of allylic oxidation sites excluding steroid dienone is 2. The lowest BCUT2D eigenvalue weighted by atomic mass is 10.1. The van der Waals surface area contributed by atoms with E-state index in [1.807, 2.05) is 36.0 Å². The molecule has 2 nitrogen and oxygen atoms in total. The average molecular weight is 174 g/mol. The van der Waals surface area contributed by atoms with Gasteiger partial charge < -0.3 is 4.57 Å². The van der Waals surface area contributed by atoms with Crippen molar-refractivity contribution in [1.82, 2.24) is 4.57 Å². The van der Waals surface area contributed by atoms with E-state index < -0.39 is 0 Å². The normalized spacial score (nSPS) is 11.8. The van der Waals surface area contributed by atoms with Crippen molar-refractivity contribution in [3.8, 4) is 6.07 Å². The number of aromatic nitrogens is 1. The molecule has 0 fully saturated rings. The molecule has 1 heterocycles. The zero-order valence-electron chi connectivity index (χ0n) is 8.28. The highest BCUT2D eigenvalue weighted by molar-refractivity contribution is 5.75. The smallest absolute Gasteiger partial charge is 0.101 e. The van der Waals surface area contributed by atoms with Crippen molar-refractivity contribution in [2.75, 3.05) is 0 Å². The van der Waals surface area contributed by atoms with Gasteiger partial charge in [-0.15, -0.1) is 0 Å². The first kappa shape index (κ1) is 9.60. The summed E-state index contributed by atoms with van der Waals surface area (Å²) in [6, 6.07) is 6.12. The summed E-state index contributed by atoms with van der Waals surface area (Å²) < 4.78 is 1.96. The van der Waals surface area contributed by atoms with E-state index in [4.69, 9.17) is 5.26 Å². The minimum Gasteiger partial charge on any atom is -0.350 e. The van der Waals surface area contributed by atoms with Gasteiger partial charge in [-0.25, -0.2) is 0 Å². The molecule has 2 heteroatoms. The number of hydrogen-bond donors (Lipinski definition) is 0. The Labute approximate surface area is 79.1 Å². The van der Waals surface area contributed by atoms with Gasteiger partial charge in [0.1, 0.15) is 6.07 Å². The molecular formula is C11H14N2. The third-order valence-electron chi connectivity index (χ3n) is 1.84. The average Bonchev–Trinajstić information content (AvgIpc) is 2.47. The van der Waals surface area contributed by atoms with Gasteiger partial charge in [0.05, 0.1) is 11.3 Å². The van der Waals surface area contributed by atoms with Gasteiger partial charge in [0.15, 0.2) is 0 Å². The molecular weight excluding hydrogens is 160 g/mol. The van der Waals surface area contributed by atoms with E-state index in [9.17, 15) is 0 Å². The van der Waals surface area contributed by atoms with Crippen molar-refractivity contribution < 1.29 is 0 Å². The quantitative estimate of drug-likeness (QED) is 0.633. The molecule has 0 aliphatic rings. The van der Waals surface area contributed by atoms with Crippen LogP contribution in [0.3, 0.4) is 0 Å². The van der Waals surface area contributed by atoms with E-state index in [-0.39, 0.29) is 0 Å². The van der Waals surface area contributed by atoms with Crippen LogP contribution in [-0.4, -0.2) is 4.57 Å². The minimum atomic E-state index is 0.407. The Balaban J connectivity index is 3.07. The van der Waals surface area contributed by atoms with Gasteiger partial charge in [-0.3, -0.25) is 0 Å². The molecule has 1 aromatic rings. The zero-order chi connectivity index (χ0) is 9.84. The van der Waals surface area contributed by atoms with Gasteiger partial charge in [-0.05, 0) is 18.1 Å². The van der Waals surface area contributed by atoms with E-state index in [1.54, 1.807) is 0 Å². The fourth-order valence-electron chi connectivity index (χ4n) is 1.25. The maximum Gasteiger partial charge on any atom is 0.101 e. The fourth-order valence-corrected chi connectivity index (χ4v) is 1.25. The number of hydrogen-bond acceptors (Lipinski definition) is 1. The first-order valence-electron chi connectivity index (χ1n) is 4.38. The number of nitriles is 1. The molecule has 0 saturated heterocycles. The number of aryl methyl sites for hydroxylation is 1. The topological polar surface area (TPSA) is 28.7 Å². The van der Waals surface area contributed by atoms with Gasteiger partial charge in [0.25, 0.3) is 0 Å². The minimum absolute atomic E-state index is 0.407. The van der Waals surface area contributed by atoms with Crippen molar-refractivity contribution >= 4 is 5.57 Å². The van der Waals surface area contributed by atoms with Gasteiger partial charge >= 0.3 is 0 Å². The predicted octanol–water partition coefficient (Wildman–Crippen LogP) is 2.59. The lowest BCUT2D eigenvalue weighted by Crippen LogP contribution is -1.94. The van der Waals surface area contributed by atoms with Gasteiger partial charge in [-0.1, -0.05) is 19.9 Å². The second-order valence-corrected chi connectivity index (χ2v) is 3.44. The number of rotatable bonds is 2. The van der Waals surface area contributed by atoms with E-state index in [0.29, 0.717) is 5.92 Å². The Bertz CT molecular complexity index is 350. The summed E-state index contributed by atoms with van der Waals surface area (Å²) in [5.41, 5.74) is 1.73. The highest BCUT2D eigenvalue weighted by Gasteiger charge is 2.03. The number of nitrogens with zero attached hydrogens (tertiary/aromatic N) is 2. The Morgan fingerprint density at radius 1 is 1.62 bits per heavy atom. The molecule has 0 spiro atoms. The molecule has 1 aromatic heterocycles. The monoisotopic (exact) mass is 174 g/mol. The molecule has 0 bridgehead atoms. The molecule has 0 aromatic carbocycles. The van der Waals surface area contributed by atoms with Crippen LogP contribution in [0.2, 0.25) is 0 Å². The van der Waals surface area contributed by atoms with Crippen LogP contribution in [0.5, 0.6) is 0 Å². The predicted molar refractivity (Wildman–Crippen MR) is 53.8 cm³/mol. The van der Waals surface area contributed by atoms with Crippen LogP contribution in [0.15, 0.2) is 24.4 Å². The van der Waals surface area contributed by atoms with Crippen LogP contribution >= 0.6 is 0 Å². The second-order valence-electron chi connectivity index (χ2n) is 3.44. The summed E-state index contributed by atoms with van der Waals surface area (Å²) in [5.74, 6) is 0.407. The van der Waals surface area contributed by atoms with Crippen molar-refractivity contribution in [2.24, 2.45) is 13.0 Å². The summed E-state index contributed by atoms with van der Waals surface area (Å²) in [7, 11) is 1.95. The lowest BCUT2D eigenvalue weighted by Gasteiger charge is -2.02. The van der Waals surface area contributed by atoms with Crippen LogP contribution in [0.4, 0.5) is 0 Å². The summed E-state index contributed by atoms with van der Waals surface area (Å²) in [4.78, 5) is 0. The van der Waals surface area contributed by atoms with Crippen molar-refractivity contribution in [2.45, 2.75) is 13.8 Å². The Kier molecular flexibility index (Phi) is 2.92. The molecule has 0 unspecified atom stereocenters. The summed E-state index contributed by atoms with van der Waals surface area (Å²) in [6.45, 7) is 4.14. The molecule has 0 saturated carbocycles. The maximum atomic E-state index is 8.94. The summed E-state index contributed by atoms with van der Waals surface area (Å²) >= 11 is 0. The molecule has 68 valence electrons. The van der Waals surface area contributed by atoms with Gasteiger partial charge in [0, 0.05) is 13.2 Å². The van der Waals surface area contributed by atoms with E-state index in [2.05, 4.69) is 19.9 Å². The molecule has 0 radical (unpaired) electrons. The lowest BCUT2D eigenvalue weighted by molar-refractivity contribution is 0.830. The van der Waals surface area contributed by atoms with Crippen LogP contribution in [0, 0.1) is 17.2 Å². The second kappa shape index (κ2) is 3.95. The third-order valence-corrected chi connectivity index (χ3v) is 1.84. The van der Waals surface area contributed by atoms with E-state index in [1.165, 1.54) is 0 Å². The van der Waals surface area contributed by atoms with Crippen LogP contribution in [-0.2, 0) is 7.05 Å². The molecule has 0 N–H and O–H groups in total. The molecule has 0 atom stereocenters. The van der Waals surface area contributed by atoms with Crippen molar-refractivity contribution in [1.29, 1.82) is 5.26 Å². The van der Waals surface area contributed by atoms with Crippen LogP contribution in [0.25, 0.3) is 5.57 Å². The maximum absolute atomic E-state index is 8.94. The highest BCUT2D eigenvalue weighted by atomic mass is 14.9. The first-order chi connectivity index (χ1) is 6.15. The molecule has 0 aliphatic carbocycles. The standard InChI is InChI=1S/C11H14N2/c1-9(2)7-10(8-12)11-5-4-6-13(11)3/h4-7,9H,1-3H3/b10-7+. The largest absolute Gasteiger partial charge is 0.350 e. The third kappa shape index (κ3) is 2.22. The van der Waals surface area contributed by atoms with E-state index >= 15 is 0 Å². The Morgan fingerprint density at radius 2 is 2.31 bits per heavy atom. The van der Waals surface area contributed by atoms with Gasteiger partial charge in [-0.2, -0.15) is 5.26 Å². The molecule has 0 aliphatic heterocycles. The van der Waals surface area contributed by atoms with Crippen molar-refractivity contribution in [3.63, 3.8) is 0 Å². The van der Waals surface area contributed by atoms with E-state index in [0.717, 1.165) is 11.3 Å². The van der Waals surface area contributed by atoms with Crippen LogP contribution in [0.1, 0.15) is 19.5 Å². The highest BCUT2D eigenvalue weighted by Crippen LogP contribution is 2.15. The summed E-state index contributed by atoms with van der Waals surface area (Å²) in [5, 5.41) is 8.94. The zero-order valence-corrected chi connectivity index (χ0v) is 8.28. The van der Waals surface area contributed by atoms with Crippen LogP contribution < -0.4 is 0 Å². The molecule has 1 rings (SSSR count). The molecule has 13 heavy (non-hydrogen) atoms. The molecule has 0 amide bonds. The van der Waals surface area contributed by atoms with Gasteiger partial charge in [0.2, 0.25) is 0 Å². The van der Waals surface area contributed by atoms with Crippen molar-refractivity contribution in [3.05, 3.63) is 30.1 Å². The Hall–Kier alpha value is -1.49. The summed E-state index contributed by atoms with van der Waals surface area (Å²) in [6.07, 6.45) is 3.93. The SMILES string of the molecule is CC(C)/C=C(\C#N)c1cccn1C.